The molecule has 8 nitrogen and oxygen atoms in total. The third kappa shape index (κ3) is 5.09. The molecule has 0 spiro atoms. The van der Waals surface area contributed by atoms with Crippen LogP contribution in [0.5, 0.6) is 5.75 Å². The molecule has 3 aromatic rings. The number of fused-ring (bicyclic) bond motifs is 1. The molecule has 0 aliphatic carbocycles. The van der Waals surface area contributed by atoms with Crippen molar-refractivity contribution in [3.8, 4) is 5.75 Å². The predicted molar refractivity (Wildman–Crippen MR) is 140 cm³/mol. The van der Waals surface area contributed by atoms with Crippen molar-refractivity contribution >= 4 is 23.2 Å². The molecule has 0 saturated heterocycles. The van der Waals surface area contributed by atoms with E-state index in [9.17, 15) is 9.59 Å². The van der Waals surface area contributed by atoms with Crippen molar-refractivity contribution in [1.82, 2.24) is 15.3 Å². The Morgan fingerprint density at radius 2 is 1.53 bits per heavy atom. The van der Waals surface area contributed by atoms with Crippen LogP contribution in [-0.4, -0.2) is 48.5 Å². The number of rotatable bonds is 9. The number of benzene rings is 1. The number of anilines is 2. The summed E-state index contributed by atoms with van der Waals surface area (Å²) in [5.41, 5.74) is 2.53. The van der Waals surface area contributed by atoms with Crippen LogP contribution in [0.1, 0.15) is 44.4 Å². The van der Waals surface area contributed by atoms with Crippen LogP contribution < -0.4 is 19.9 Å². The highest BCUT2D eigenvalue weighted by molar-refractivity contribution is 6.20. The highest BCUT2D eigenvalue weighted by atomic mass is 16.5. The molecule has 0 unspecified atom stereocenters. The summed E-state index contributed by atoms with van der Waals surface area (Å²) in [5, 5.41) is 3.60. The first-order valence-electron chi connectivity index (χ1n) is 12.2. The molecule has 4 rings (SSSR count). The van der Waals surface area contributed by atoms with E-state index in [4.69, 9.17) is 4.74 Å². The minimum Gasteiger partial charge on any atom is -0.493 e. The van der Waals surface area contributed by atoms with Crippen LogP contribution in [0, 0.1) is 5.41 Å². The van der Waals surface area contributed by atoms with Gasteiger partial charge in [-0.1, -0.05) is 0 Å². The number of hydrogen-bond donors (Lipinski definition) is 1. The number of nitrogens with one attached hydrogen (secondary N) is 1. The van der Waals surface area contributed by atoms with Gasteiger partial charge in [0.1, 0.15) is 11.2 Å². The highest BCUT2D eigenvalue weighted by Gasteiger charge is 2.45. The smallest absolute Gasteiger partial charge is 0.242 e. The standard InChI is InChI=1S/C28H33N5O3/c1-5-33-23-8-7-22(19-24(23)32(4)26(34)28(2,3)27(33)35)36-18-6-13-31-25(20-9-14-29-15-10-20)21-11-16-30-17-12-21/h7-12,14-17,19,25,31H,5-6,13,18H2,1-4H3. The molecule has 2 amide bonds. The van der Waals surface area contributed by atoms with E-state index in [0.29, 0.717) is 24.6 Å². The summed E-state index contributed by atoms with van der Waals surface area (Å²) < 4.78 is 6.04. The third-order valence-electron chi connectivity index (χ3n) is 6.55. The van der Waals surface area contributed by atoms with E-state index in [1.165, 1.54) is 0 Å². The number of aromatic nitrogens is 2. The Morgan fingerprint density at radius 3 is 2.11 bits per heavy atom. The van der Waals surface area contributed by atoms with Crippen molar-refractivity contribution in [2.45, 2.75) is 33.2 Å². The van der Waals surface area contributed by atoms with Gasteiger partial charge in [0.15, 0.2) is 0 Å². The van der Waals surface area contributed by atoms with Crippen LogP contribution in [-0.2, 0) is 9.59 Å². The monoisotopic (exact) mass is 487 g/mol. The number of amides is 2. The lowest BCUT2D eigenvalue weighted by molar-refractivity contribution is -0.137. The number of carbonyl (C=O) groups is 2. The summed E-state index contributed by atoms with van der Waals surface area (Å²) >= 11 is 0. The summed E-state index contributed by atoms with van der Waals surface area (Å²) in [6, 6.07) is 13.6. The number of ether oxygens (including phenoxy) is 1. The lowest BCUT2D eigenvalue weighted by atomic mass is 9.90. The Hall–Kier alpha value is -3.78. The summed E-state index contributed by atoms with van der Waals surface area (Å²) in [7, 11) is 1.71. The Balaban J connectivity index is 1.41. The molecule has 0 bridgehead atoms. The minimum atomic E-state index is -1.13. The van der Waals surface area contributed by atoms with Crippen molar-refractivity contribution < 1.29 is 14.3 Å². The Morgan fingerprint density at radius 1 is 0.917 bits per heavy atom. The quantitative estimate of drug-likeness (QED) is 0.363. The molecule has 1 aliphatic rings. The molecule has 3 heterocycles. The lowest BCUT2D eigenvalue weighted by Crippen LogP contribution is -2.47. The number of carbonyl (C=O) groups excluding carboxylic acids is 2. The Labute approximate surface area is 212 Å². The Kier molecular flexibility index (Phi) is 7.64. The molecule has 0 radical (unpaired) electrons. The molecule has 1 N–H and O–H groups in total. The van der Waals surface area contributed by atoms with E-state index in [0.717, 1.165) is 29.8 Å². The fourth-order valence-electron chi connectivity index (χ4n) is 4.52. The normalized spacial score (nSPS) is 15.1. The van der Waals surface area contributed by atoms with Crippen molar-refractivity contribution in [3.05, 3.63) is 78.4 Å². The summed E-state index contributed by atoms with van der Waals surface area (Å²) in [4.78, 5) is 37.6. The first-order chi connectivity index (χ1) is 17.3. The van der Waals surface area contributed by atoms with Gasteiger partial charge in [-0.05, 0) is 81.3 Å². The maximum atomic E-state index is 13.0. The molecular weight excluding hydrogens is 454 g/mol. The maximum Gasteiger partial charge on any atom is 0.242 e. The zero-order valence-corrected chi connectivity index (χ0v) is 21.3. The van der Waals surface area contributed by atoms with Gasteiger partial charge in [0.25, 0.3) is 0 Å². The van der Waals surface area contributed by atoms with E-state index < -0.39 is 5.41 Å². The number of nitrogens with zero attached hydrogens (tertiary/aromatic N) is 4. The molecule has 0 fully saturated rings. The second-order valence-electron chi connectivity index (χ2n) is 9.34. The summed E-state index contributed by atoms with van der Waals surface area (Å²) in [6.45, 7) is 7.00. The van der Waals surface area contributed by atoms with Crippen molar-refractivity contribution in [3.63, 3.8) is 0 Å². The molecule has 8 heteroatoms. The molecular formula is C28H33N5O3. The first-order valence-corrected chi connectivity index (χ1v) is 12.2. The van der Waals surface area contributed by atoms with Crippen molar-refractivity contribution in [2.75, 3.05) is 36.5 Å². The molecule has 188 valence electrons. The molecule has 1 aromatic carbocycles. The van der Waals surface area contributed by atoms with E-state index in [1.807, 2.05) is 49.4 Å². The Bertz CT molecular complexity index is 1160. The van der Waals surface area contributed by atoms with Gasteiger partial charge in [-0.15, -0.1) is 0 Å². The van der Waals surface area contributed by atoms with E-state index in [-0.39, 0.29) is 17.9 Å². The van der Waals surface area contributed by atoms with Gasteiger partial charge in [-0.2, -0.15) is 0 Å². The lowest BCUT2D eigenvalue weighted by Gasteiger charge is -2.27. The second kappa shape index (κ2) is 10.9. The fraction of sp³-hybridized carbons (Fsp3) is 0.357. The third-order valence-corrected chi connectivity index (χ3v) is 6.55. The van der Waals surface area contributed by atoms with Gasteiger partial charge in [0.2, 0.25) is 11.8 Å². The van der Waals surface area contributed by atoms with Gasteiger partial charge < -0.3 is 19.9 Å². The first kappa shape index (κ1) is 25.3. The maximum absolute atomic E-state index is 13.0. The SMILES string of the molecule is CCN1C(=O)C(C)(C)C(=O)N(C)c2cc(OCCCNC(c3ccncc3)c3ccncc3)ccc21. The van der Waals surface area contributed by atoms with E-state index >= 15 is 0 Å². The highest BCUT2D eigenvalue weighted by Crippen LogP contribution is 2.40. The number of pyridine rings is 2. The summed E-state index contributed by atoms with van der Waals surface area (Å²) in [5.74, 6) is 0.235. The summed E-state index contributed by atoms with van der Waals surface area (Å²) in [6.07, 6.45) is 7.96. The van der Waals surface area contributed by atoms with Gasteiger partial charge in [-0.25, -0.2) is 0 Å². The van der Waals surface area contributed by atoms with Crippen molar-refractivity contribution in [1.29, 1.82) is 0 Å². The zero-order valence-electron chi connectivity index (χ0n) is 21.3. The molecule has 1 aliphatic heterocycles. The largest absolute Gasteiger partial charge is 0.493 e. The van der Waals surface area contributed by atoms with Crippen LogP contribution in [0.25, 0.3) is 0 Å². The van der Waals surface area contributed by atoms with Gasteiger partial charge in [0, 0.05) is 44.4 Å². The average molecular weight is 488 g/mol. The van der Waals surface area contributed by atoms with Crippen molar-refractivity contribution in [2.24, 2.45) is 5.41 Å². The minimum absolute atomic E-state index is 0.0316. The van der Waals surface area contributed by atoms with E-state index in [2.05, 4.69) is 15.3 Å². The fourth-order valence-corrected chi connectivity index (χ4v) is 4.52. The molecule has 0 atom stereocenters. The van der Waals surface area contributed by atoms with Crippen LogP contribution in [0.3, 0.4) is 0 Å². The van der Waals surface area contributed by atoms with Crippen LogP contribution >= 0.6 is 0 Å². The van der Waals surface area contributed by atoms with Crippen LogP contribution in [0.2, 0.25) is 0 Å². The molecule has 2 aromatic heterocycles. The average Bonchev–Trinajstić information content (AvgIpc) is 2.95. The second-order valence-corrected chi connectivity index (χ2v) is 9.34. The number of hydrogen-bond acceptors (Lipinski definition) is 6. The van der Waals surface area contributed by atoms with Crippen LogP contribution in [0.4, 0.5) is 11.4 Å². The predicted octanol–water partition coefficient (Wildman–Crippen LogP) is 3.98. The topological polar surface area (TPSA) is 87.7 Å². The molecule has 0 saturated carbocycles. The van der Waals surface area contributed by atoms with E-state index in [1.54, 1.807) is 55.5 Å². The van der Waals surface area contributed by atoms with Gasteiger partial charge in [-0.3, -0.25) is 19.6 Å². The zero-order chi connectivity index (χ0) is 25.7. The van der Waals surface area contributed by atoms with Gasteiger partial charge in [0.05, 0.1) is 24.0 Å². The molecule has 36 heavy (non-hydrogen) atoms. The van der Waals surface area contributed by atoms with Gasteiger partial charge >= 0.3 is 0 Å². The van der Waals surface area contributed by atoms with Crippen LogP contribution in [0.15, 0.2) is 67.3 Å².